The summed E-state index contributed by atoms with van der Waals surface area (Å²) in [6.45, 7) is 6.11. The second-order valence-electron chi connectivity index (χ2n) is 10.8. The molecular formula is C31H34N4O5S2. The minimum Gasteiger partial charge on any atom is -0.466 e. The van der Waals surface area contributed by atoms with Gasteiger partial charge < -0.3 is 15.2 Å². The van der Waals surface area contributed by atoms with Crippen LogP contribution in [0.4, 0.5) is 11.6 Å². The Balaban J connectivity index is 1.43. The maximum atomic E-state index is 12.9. The predicted octanol–water partition coefficient (Wildman–Crippen LogP) is 5.70. The van der Waals surface area contributed by atoms with Gasteiger partial charge in [0.05, 0.1) is 17.4 Å². The van der Waals surface area contributed by atoms with Crippen molar-refractivity contribution in [2.45, 2.75) is 56.6 Å². The number of esters is 1. The van der Waals surface area contributed by atoms with E-state index in [0.29, 0.717) is 36.6 Å². The highest BCUT2D eigenvalue weighted by molar-refractivity contribution is 7.90. The molecule has 11 heteroatoms. The van der Waals surface area contributed by atoms with Crippen molar-refractivity contribution >= 4 is 38.8 Å². The molecule has 2 N–H and O–H groups in total. The molecule has 1 saturated carbocycles. The van der Waals surface area contributed by atoms with Crippen LogP contribution < -0.4 is 5.32 Å². The van der Waals surface area contributed by atoms with E-state index in [1.807, 2.05) is 63.2 Å². The maximum Gasteiger partial charge on any atom is 0.309 e. The van der Waals surface area contributed by atoms with E-state index < -0.39 is 15.4 Å². The first-order chi connectivity index (χ1) is 20.0. The number of sulfone groups is 1. The minimum atomic E-state index is -3.47. The number of carbonyl (C=O) groups is 1. The number of hydrogen-bond acceptors (Lipinski definition) is 10. The summed E-state index contributed by atoms with van der Waals surface area (Å²) in [5.41, 5.74) is 3.48. The highest BCUT2D eigenvalue weighted by atomic mass is 32.2. The molecule has 9 nitrogen and oxygen atoms in total. The predicted molar refractivity (Wildman–Crippen MR) is 163 cm³/mol. The van der Waals surface area contributed by atoms with Crippen molar-refractivity contribution in [1.29, 1.82) is 0 Å². The average molecular weight is 607 g/mol. The van der Waals surface area contributed by atoms with Gasteiger partial charge in [0, 0.05) is 30.3 Å². The lowest BCUT2D eigenvalue weighted by atomic mass is 9.68. The fraction of sp³-hybridized carbons (Fsp3) is 0.355. The van der Waals surface area contributed by atoms with Crippen molar-refractivity contribution in [2.75, 3.05) is 18.2 Å². The number of hydrogen-bond donors (Lipinski definition) is 2. The Hall–Kier alpha value is -3.67. The van der Waals surface area contributed by atoms with Crippen molar-refractivity contribution in [3.05, 3.63) is 82.6 Å². The van der Waals surface area contributed by atoms with E-state index in [0.717, 1.165) is 33.4 Å². The Morgan fingerprint density at radius 2 is 1.95 bits per heavy atom. The van der Waals surface area contributed by atoms with E-state index >= 15 is 0 Å². The van der Waals surface area contributed by atoms with Crippen molar-refractivity contribution in [3.63, 3.8) is 0 Å². The summed E-state index contributed by atoms with van der Waals surface area (Å²) in [7, 11) is -3.47. The summed E-state index contributed by atoms with van der Waals surface area (Å²) in [5, 5.41) is 15.6. The fourth-order valence-electron chi connectivity index (χ4n) is 5.62. The molecule has 1 fully saturated rings. The SMILES string of the molecule is CCOC(=O)C1CCC(O)(c2ncc(-c3cc(C)cc(Nc4nccc(S(C)(=O)=O)n4)c3)s2)CC1c1ccccc1C. The third-order valence-electron chi connectivity index (χ3n) is 7.62. The molecule has 5 rings (SSSR count). The Morgan fingerprint density at radius 1 is 1.17 bits per heavy atom. The second kappa shape index (κ2) is 11.9. The van der Waals surface area contributed by atoms with Gasteiger partial charge in [-0.25, -0.2) is 23.4 Å². The number of aryl methyl sites for hydroxylation is 2. The molecule has 0 saturated heterocycles. The average Bonchev–Trinajstić information content (AvgIpc) is 3.45. The molecule has 0 amide bonds. The fourth-order valence-corrected chi connectivity index (χ4v) is 7.21. The van der Waals surface area contributed by atoms with Gasteiger partial charge in [-0.2, -0.15) is 0 Å². The van der Waals surface area contributed by atoms with E-state index in [-0.39, 0.29) is 28.8 Å². The van der Waals surface area contributed by atoms with Crippen LogP contribution in [0.15, 0.2) is 66.0 Å². The third kappa shape index (κ3) is 6.38. The number of thiazole rings is 1. The maximum absolute atomic E-state index is 12.9. The normalized spacial score (nSPS) is 20.7. The number of nitrogens with zero attached hydrogens (tertiary/aromatic N) is 3. The van der Waals surface area contributed by atoms with Gasteiger partial charge in [-0.15, -0.1) is 11.3 Å². The molecule has 0 aliphatic heterocycles. The zero-order valence-electron chi connectivity index (χ0n) is 24.0. The summed E-state index contributed by atoms with van der Waals surface area (Å²) < 4.78 is 29.3. The van der Waals surface area contributed by atoms with Crippen LogP contribution in [0.2, 0.25) is 0 Å². The first kappa shape index (κ1) is 29.8. The van der Waals surface area contributed by atoms with E-state index in [2.05, 4.69) is 20.3 Å². The van der Waals surface area contributed by atoms with Crippen LogP contribution in [0, 0.1) is 19.8 Å². The Labute approximate surface area is 250 Å². The van der Waals surface area contributed by atoms with Gasteiger partial charge in [0.15, 0.2) is 14.9 Å². The van der Waals surface area contributed by atoms with E-state index in [1.54, 1.807) is 6.20 Å². The molecule has 0 radical (unpaired) electrons. The molecule has 3 atom stereocenters. The van der Waals surface area contributed by atoms with Gasteiger partial charge >= 0.3 is 5.97 Å². The Bertz CT molecular complexity index is 1720. The molecule has 2 heterocycles. The molecule has 0 bridgehead atoms. The lowest BCUT2D eigenvalue weighted by Gasteiger charge is -2.40. The van der Waals surface area contributed by atoms with E-state index in [4.69, 9.17) is 4.74 Å². The third-order valence-corrected chi connectivity index (χ3v) is 9.85. The molecule has 2 aromatic carbocycles. The molecule has 1 aliphatic rings. The number of aliphatic hydroxyl groups is 1. The zero-order chi connectivity index (χ0) is 30.1. The van der Waals surface area contributed by atoms with E-state index in [9.17, 15) is 18.3 Å². The number of benzene rings is 2. The number of aromatic nitrogens is 3. The van der Waals surface area contributed by atoms with Gasteiger partial charge in [0.2, 0.25) is 5.95 Å². The zero-order valence-corrected chi connectivity index (χ0v) is 25.6. The topological polar surface area (TPSA) is 131 Å². The van der Waals surface area contributed by atoms with Gasteiger partial charge in [-0.05, 0) is 80.5 Å². The minimum absolute atomic E-state index is 0.0603. The lowest BCUT2D eigenvalue weighted by Crippen LogP contribution is -2.39. The smallest absolute Gasteiger partial charge is 0.309 e. The lowest BCUT2D eigenvalue weighted by molar-refractivity contribution is -0.152. The number of nitrogens with one attached hydrogen (secondary N) is 1. The number of anilines is 2. The standard InChI is InChI=1S/C31H34N4O5S2/c1-5-40-28(36)24-10-12-31(37,17-25(24)23-9-7-6-8-20(23)3)29-33-18-26(41-29)21-14-19(2)15-22(16-21)34-30-32-13-11-27(35-30)42(4,38)39/h6-9,11,13-16,18,24-25,37H,5,10,12,17H2,1-4H3,(H,32,34,35). The van der Waals surface area contributed by atoms with Crippen molar-refractivity contribution in [3.8, 4) is 10.4 Å². The van der Waals surface area contributed by atoms with Gasteiger partial charge in [0.25, 0.3) is 0 Å². The van der Waals surface area contributed by atoms with Gasteiger partial charge in [0.1, 0.15) is 10.6 Å². The van der Waals surface area contributed by atoms with Crippen LogP contribution in [-0.4, -0.2) is 47.3 Å². The summed E-state index contributed by atoms with van der Waals surface area (Å²) in [5.74, 6) is -0.582. The Morgan fingerprint density at radius 3 is 2.69 bits per heavy atom. The number of carbonyl (C=O) groups excluding carboxylic acids is 1. The highest BCUT2D eigenvalue weighted by Crippen LogP contribution is 2.49. The second-order valence-corrected chi connectivity index (χ2v) is 13.8. The number of ether oxygens (including phenoxy) is 1. The number of rotatable bonds is 8. The van der Waals surface area contributed by atoms with Gasteiger partial charge in [-0.3, -0.25) is 4.79 Å². The Kier molecular flexibility index (Phi) is 8.45. The molecule has 0 spiro atoms. The first-order valence-corrected chi connectivity index (χ1v) is 16.5. The highest BCUT2D eigenvalue weighted by Gasteiger charge is 2.46. The van der Waals surface area contributed by atoms with Crippen LogP contribution >= 0.6 is 11.3 Å². The largest absolute Gasteiger partial charge is 0.466 e. The molecular weight excluding hydrogens is 572 g/mol. The molecule has 3 unspecified atom stereocenters. The quantitative estimate of drug-likeness (QED) is 0.192. The monoisotopic (exact) mass is 606 g/mol. The molecule has 42 heavy (non-hydrogen) atoms. The molecule has 2 aromatic heterocycles. The first-order valence-electron chi connectivity index (χ1n) is 13.8. The van der Waals surface area contributed by atoms with Gasteiger partial charge in [-0.1, -0.05) is 30.3 Å². The summed E-state index contributed by atoms with van der Waals surface area (Å²) in [6, 6.07) is 15.2. The molecule has 220 valence electrons. The summed E-state index contributed by atoms with van der Waals surface area (Å²) >= 11 is 1.43. The molecule has 1 aliphatic carbocycles. The van der Waals surface area contributed by atoms with Crippen LogP contribution in [0.1, 0.15) is 53.8 Å². The van der Waals surface area contributed by atoms with Crippen LogP contribution in [0.25, 0.3) is 10.4 Å². The van der Waals surface area contributed by atoms with Crippen molar-refractivity contribution in [2.24, 2.45) is 5.92 Å². The summed E-state index contributed by atoms with van der Waals surface area (Å²) in [6.07, 6.45) is 5.53. The van der Waals surface area contributed by atoms with E-state index in [1.165, 1.54) is 23.6 Å². The van der Waals surface area contributed by atoms with Crippen LogP contribution in [0.5, 0.6) is 0 Å². The van der Waals surface area contributed by atoms with Crippen LogP contribution in [0.3, 0.4) is 0 Å². The van der Waals surface area contributed by atoms with Crippen molar-refractivity contribution < 1.29 is 23.1 Å². The molecule has 4 aromatic rings. The van der Waals surface area contributed by atoms with Crippen molar-refractivity contribution in [1.82, 2.24) is 15.0 Å². The van der Waals surface area contributed by atoms with Crippen LogP contribution in [-0.2, 0) is 25.0 Å². The summed E-state index contributed by atoms with van der Waals surface area (Å²) in [4.78, 5) is 26.8.